The van der Waals surface area contributed by atoms with Crippen molar-refractivity contribution in [3.05, 3.63) is 35.6 Å². The van der Waals surface area contributed by atoms with E-state index in [1.165, 1.54) is 18.6 Å². The van der Waals surface area contributed by atoms with E-state index in [9.17, 15) is 9.18 Å². The number of hydrogen-bond donors (Lipinski definition) is 1. The third-order valence-corrected chi connectivity index (χ3v) is 3.64. The Balaban J connectivity index is 1.80. The molecule has 0 saturated carbocycles. The zero-order chi connectivity index (χ0) is 13.7. The van der Waals surface area contributed by atoms with Crippen molar-refractivity contribution < 1.29 is 9.18 Å². The predicted molar refractivity (Wildman–Crippen MR) is 73.2 cm³/mol. The molecule has 1 heterocycles. The molecule has 1 atom stereocenters. The van der Waals surface area contributed by atoms with Crippen LogP contribution in [0.3, 0.4) is 0 Å². The molecular formula is C15H21FN2O. The summed E-state index contributed by atoms with van der Waals surface area (Å²) in [4.78, 5) is 13.9. The minimum atomic E-state index is -0.236. The molecule has 1 aliphatic rings. The van der Waals surface area contributed by atoms with Crippen LogP contribution in [0.4, 0.5) is 4.39 Å². The predicted octanol–water partition coefficient (Wildman–Crippen LogP) is 2.49. The molecule has 1 fully saturated rings. The standard InChI is InChI=1S/C15H21FN2O/c1-12(13-5-7-14(16)8-6-13)17-11-15(19)18-9-3-2-4-10-18/h5-8,12,17H,2-4,9-11H2,1H3/t12-/m1/s1. The van der Waals surface area contributed by atoms with Gasteiger partial charge in [-0.3, -0.25) is 4.79 Å². The number of carbonyl (C=O) groups is 1. The minimum Gasteiger partial charge on any atom is -0.342 e. The van der Waals surface area contributed by atoms with Crippen molar-refractivity contribution in [2.45, 2.75) is 32.2 Å². The Morgan fingerprint density at radius 2 is 1.89 bits per heavy atom. The fourth-order valence-corrected chi connectivity index (χ4v) is 2.36. The number of hydrogen-bond acceptors (Lipinski definition) is 2. The van der Waals surface area contributed by atoms with Gasteiger partial charge in [-0.05, 0) is 43.9 Å². The Morgan fingerprint density at radius 1 is 1.26 bits per heavy atom. The number of nitrogens with one attached hydrogen (secondary N) is 1. The zero-order valence-electron chi connectivity index (χ0n) is 11.4. The molecule has 0 aliphatic carbocycles. The van der Waals surface area contributed by atoms with Gasteiger partial charge in [0.25, 0.3) is 0 Å². The van der Waals surface area contributed by atoms with Crippen molar-refractivity contribution in [1.82, 2.24) is 10.2 Å². The third kappa shape index (κ3) is 4.03. The first-order valence-corrected chi connectivity index (χ1v) is 6.93. The van der Waals surface area contributed by atoms with Crippen molar-refractivity contribution in [1.29, 1.82) is 0 Å². The normalized spacial score (nSPS) is 17.3. The second kappa shape index (κ2) is 6.66. The van der Waals surface area contributed by atoms with Gasteiger partial charge >= 0.3 is 0 Å². The fourth-order valence-electron chi connectivity index (χ4n) is 2.36. The third-order valence-electron chi connectivity index (χ3n) is 3.64. The van der Waals surface area contributed by atoms with Gasteiger partial charge < -0.3 is 10.2 Å². The van der Waals surface area contributed by atoms with Crippen molar-refractivity contribution in [3.63, 3.8) is 0 Å². The number of halogens is 1. The maximum Gasteiger partial charge on any atom is 0.236 e. The molecule has 104 valence electrons. The Kier molecular flexibility index (Phi) is 4.91. The molecule has 0 unspecified atom stereocenters. The second-order valence-corrected chi connectivity index (χ2v) is 5.10. The van der Waals surface area contributed by atoms with Gasteiger partial charge in [0.05, 0.1) is 6.54 Å². The second-order valence-electron chi connectivity index (χ2n) is 5.10. The maximum absolute atomic E-state index is 12.8. The van der Waals surface area contributed by atoms with E-state index in [2.05, 4.69) is 5.32 Å². The lowest BCUT2D eigenvalue weighted by Crippen LogP contribution is -2.41. The highest BCUT2D eigenvalue weighted by Crippen LogP contribution is 2.13. The lowest BCUT2D eigenvalue weighted by molar-refractivity contribution is -0.131. The van der Waals surface area contributed by atoms with E-state index in [4.69, 9.17) is 0 Å². The SMILES string of the molecule is C[C@@H](NCC(=O)N1CCCCC1)c1ccc(F)cc1. The zero-order valence-corrected chi connectivity index (χ0v) is 11.4. The number of amides is 1. The molecule has 2 rings (SSSR count). The number of carbonyl (C=O) groups excluding carboxylic acids is 1. The quantitative estimate of drug-likeness (QED) is 0.906. The molecule has 3 nitrogen and oxygen atoms in total. The van der Waals surface area contributed by atoms with E-state index < -0.39 is 0 Å². The Hall–Kier alpha value is -1.42. The summed E-state index contributed by atoms with van der Waals surface area (Å²) in [5, 5.41) is 3.20. The molecule has 1 aromatic carbocycles. The molecule has 4 heteroatoms. The van der Waals surface area contributed by atoms with Crippen LogP contribution in [0.1, 0.15) is 37.8 Å². The molecule has 0 bridgehead atoms. The number of nitrogens with zero attached hydrogens (tertiary/aromatic N) is 1. The Morgan fingerprint density at radius 3 is 2.53 bits per heavy atom. The number of piperidine rings is 1. The molecule has 1 aromatic rings. The lowest BCUT2D eigenvalue weighted by atomic mass is 10.1. The smallest absolute Gasteiger partial charge is 0.236 e. The first-order chi connectivity index (χ1) is 9.16. The highest BCUT2D eigenvalue weighted by molar-refractivity contribution is 5.78. The summed E-state index contributed by atoms with van der Waals surface area (Å²) in [7, 11) is 0. The van der Waals surface area contributed by atoms with Gasteiger partial charge in [0.2, 0.25) is 5.91 Å². The summed E-state index contributed by atoms with van der Waals surface area (Å²) in [5.74, 6) is -0.0750. The summed E-state index contributed by atoms with van der Waals surface area (Å²) >= 11 is 0. The van der Waals surface area contributed by atoms with Crippen molar-refractivity contribution in [2.24, 2.45) is 0 Å². The molecular weight excluding hydrogens is 243 g/mol. The van der Waals surface area contributed by atoms with Crippen molar-refractivity contribution >= 4 is 5.91 Å². The average molecular weight is 264 g/mol. The highest BCUT2D eigenvalue weighted by atomic mass is 19.1. The largest absolute Gasteiger partial charge is 0.342 e. The van der Waals surface area contributed by atoms with Gasteiger partial charge in [-0.25, -0.2) is 4.39 Å². The van der Waals surface area contributed by atoms with Gasteiger partial charge in [0.1, 0.15) is 5.82 Å². The maximum atomic E-state index is 12.8. The van der Waals surface area contributed by atoms with Gasteiger partial charge in [-0.15, -0.1) is 0 Å². The fraction of sp³-hybridized carbons (Fsp3) is 0.533. The van der Waals surface area contributed by atoms with Crippen LogP contribution in [-0.4, -0.2) is 30.4 Å². The van der Waals surface area contributed by atoms with Crippen LogP contribution in [0.15, 0.2) is 24.3 Å². The average Bonchev–Trinajstić information content (AvgIpc) is 2.46. The van der Waals surface area contributed by atoms with E-state index in [-0.39, 0.29) is 17.8 Å². The van der Waals surface area contributed by atoms with Crippen LogP contribution < -0.4 is 5.32 Å². The summed E-state index contributed by atoms with van der Waals surface area (Å²) in [6.07, 6.45) is 3.45. The highest BCUT2D eigenvalue weighted by Gasteiger charge is 2.16. The van der Waals surface area contributed by atoms with E-state index in [1.54, 1.807) is 12.1 Å². The molecule has 1 N–H and O–H groups in total. The van der Waals surface area contributed by atoms with Crippen LogP contribution in [0.5, 0.6) is 0 Å². The van der Waals surface area contributed by atoms with Gasteiger partial charge in [0, 0.05) is 19.1 Å². The first-order valence-electron chi connectivity index (χ1n) is 6.93. The van der Waals surface area contributed by atoms with Crippen LogP contribution >= 0.6 is 0 Å². The molecule has 19 heavy (non-hydrogen) atoms. The van der Waals surface area contributed by atoms with E-state index in [0.717, 1.165) is 31.5 Å². The monoisotopic (exact) mass is 264 g/mol. The molecule has 1 saturated heterocycles. The summed E-state index contributed by atoms with van der Waals surface area (Å²) in [5.41, 5.74) is 0.993. The Bertz CT molecular complexity index is 413. The number of rotatable bonds is 4. The molecule has 1 aliphatic heterocycles. The lowest BCUT2D eigenvalue weighted by Gasteiger charge is -2.27. The summed E-state index contributed by atoms with van der Waals surface area (Å²) in [6, 6.07) is 6.44. The van der Waals surface area contributed by atoms with Crippen LogP contribution in [0, 0.1) is 5.82 Å². The van der Waals surface area contributed by atoms with Crippen LogP contribution in [-0.2, 0) is 4.79 Å². The summed E-state index contributed by atoms with van der Waals surface area (Å²) in [6.45, 7) is 4.09. The van der Waals surface area contributed by atoms with Crippen LogP contribution in [0.2, 0.25) is 0 Å². The van der Waals surface area contributed by atoms with Gasteiger partial charge in [-0.2, -0.15) is 0 Å². The van der Waals surface area contributed by atoms with Crippen molar-refractivity contribution in [2.75, 3.05) is 19.6 Å². The molecule has 1 amide bonds. The molecule has 0 spiro atoms. The van der Waals surface area contributed by atoms with E-state index in [1.807, 2.05) is 11.8 Å². The summed E-state index contributed by atoms with van der Waals surface area (Å²) < 4.78 is 12.8. The van der Waals surface area contributed by atoms with Crippen molar-refractivity contribution in [3.8, 4) is 0 Å². The minimum absolute atomic E-state index is 0.0503. The van der Waals surface area contributed by atoms with E-state index >= 15 is 0 Å². The number of benzene rings is 1. The van der Waals surface area contributed by atoms with Gasteiger partial charge in [-0.1, -0.05) is 12.1 Å². The van der Waals surface area contributed by atoms with E-state index in [0.29, 0.717) is 6.54 Å². The topological polar surface area (TPSA) is 32.3 Å². The Labute approximate surface area is 113 Å². The molecule has 0 aromatic heterocycles. The van der Waals surface area contributed by atoms with Gasteiger partial charge in [0.15, 0.2) is 0 Å². The molecule has 0 radical (unpaired) electrons. The van der Waals surface area contributed by atoms with Crippen LogP contribution in [0.25, 0.3) is 0 Å². The number of likely N-dealkylation sites (tertiary alicyclic amines) is 1. The first kappa shape index (κ1) is 14.0.